The van der Waals surface area contributed by atoms with Crippen molar-refractivity contribution in [2.75, 3.05) is 24.4 Å². The van der Waals surface area contributed by atoms with Gasteiger partial charge in [0.1, 0.15) is 6.04 Å². The van der Waals surface area contributed by atoms with Crippen LogP contribution in [-0.4, -0.2) is 70.5 Å². The van der Waals surface area contributed by atoms with Gasteiger partial charge in [-0.05, 0) is 74.1 Å². The molecule has 0 saturated heterocycles. The zero-order valence-electron chi connectivity index (χ0n) is 29.1. The number of nitrogens with zero attached hydrogens (tertiary/aromatic N) is 3. The maximum Gasteiger partial charge on any atom is 0.422 e. The fourth-order valence-corrected chi connectivity index (χ4v) is 6.12. The number of hydrogen-bond donors (Lipinski definition) is 4. The smallest absolute Gasteiger partial charge is 0.422 e. The Bertz CT molecular complexity index is 1750. The van der Waals surface area contributed by atoms with E-state index in [1.807, 2.05) is 12.1 Å². The summed E-state index contributed by atoms with van der Waals surface area (Å²) in [6.45, 7) is -1.61. The summed E-state index contributed by atoms with van der Waals surface area (Å²) in [5, 5.41) is 12.0. The molecule has 4 N–H and O–H groups in total. The highest BCUT2D eigenvalue weighted by Crippen LogP contribution is 2.48. The topological polar surface area (TPSA) is 174 Å². The summed E-state index contributed by atoms with van der Waals surface area (Å²) in [6, 6.07) is 11.2. The van der Waals surface area contributed by atoms with E-state index in [2.05, 4.69) is 36.2 Å². The molecule has 0 radical (unpaired) electrons. The van der Waals surface area contributed by atoms with Crippen LogP contribution in [0.15, 0.2) is 48.5 Å². The van der Waals surface area contributed by atoms with Gasteiger partial charge in [0.05, 0.1) is 12.6 Å². The van der Waals surface area contributed by atoms with Crippen LogP contribution in [0, 0.1) is 0 Å². The predicted molar refractivity (Wildman–Crippen MR) is 189 cm³/mol. The molecule has 53 heavy (non-hydrogen) atoms. The van der Waals surface area contributed by atoms with Gasteiger partial charge in [0.15, 0.2) is 6.61 Å². The molecule has 0 bridgehead atoms. The molecule has 1 aromatic heterocycles. The number of aromatic nitrogens is 3. The second-order valence-corrected chi connectivity index (χ2v) is 13.5. The molecule has 2 saturated carbocycles. The first-order chi connectivity index (χ1) is 25.3. The molecule has 5 rings (SSSR count). The van der Waals surface area contributed by atoms with E-state index in [9.17, 15) is 32.3 Å². The first kappa shape index (κ1) is 39.2. The van der Waals surface area contributed by atoms with Crippen LogP contribution in [0.5, 0.6) is 6.01 Å². The summed E-state index contributed by atoms with van der Waals surface area (Å²) < 4.78 is 48.5. The molecular formula is C36H41ClF3N7O6. The number of Topliss-reactive ketones (excluding diaryl/α,β-unsaturated/α-hetero) is 1. The second-order valence-electron chi connectivity index (χ2n) is 13.1. The summed E-state index contributed by atoms with van der Waals surface area (Å²) in [6.07, 6.45) is 3.32. The van der Waals surface area contributed by atoms with Gasteiger partial charge in [0.2, 0.25) is 17.7 Å². The third kappa shape index (κ3) is 11.8. The minimum absolute atomic E-state index is 0.0206. The van der Waals surface area contributed by atoms with Crippen LogP contribution in [0.2, 0.25) is 5.02 Å². The van der Waals surface area contributed by atoms with Crippen molar-refractivity contribution in [1.29, 1.82) is 0 Å². The first-order valence-corrected chi connectivity index (χ1v) is 17.8. The van der Waals surface area contributed by atoms with Gasteiger partial charge < -0.3 is 30.7 Å². The van der Waals surface area contributed by atoms with E-state index in [1.165, 1.54) is 30.7 Å². The molecule has 1 atom stereocenters. The fourth-order valence-electron chi connectivity index (χ4n) is 6.00. The Labute approximate surface area is 309 Å². The van der Waals surface area contributed by atoms with Crippen molar-refractivity contribution in [2.24, 2.45) is 0 Å². The van der Waals surface area contributed by atoms with Crippen LogP contribution in [0.4, 0.5) is 30.8 Å². The number of carbonyl (C=O) groups excluding carboxylic acids is 4. The van der Waals surface area contributed by atoms with E-state index in [-0.39, 0.29) is 36.3 Å². The number of methoxy groups -OCH3 is 1. The Morgan fingerprint density at radius 1 is 0.906 bits per heavy atom. The minimum atomic E-state index is -4.63. The summed E-state index contributed by atoms with van der Waals surface area (Å²) in [7, 11) is 1.15. The quantitative estimate of drug-likeness (QED) is 0.103. The van der Waals surface area contributed by atoms with E-state index in [4.69, 9.17) is 21.1 Å². The Morgan fingerprint density at radius 2 is 1.55 bits per heavy atom. The molecule has 2 aliphatic rings. The van der Waals surface area contributed by atoms with Gasteiger partial charge in [-0.1, -0.05) is 55.8 Å². The summed E-state index contributed by atoms with van der Waals surface area (Å²) in [5.74, 6) is -2.97. The second kappa shape index (κ2) is 17.7. The molecule has 0 unspecified atom stereocenters. The average molecular weight is 760 g/mol. The third-order valence-electron chi connectivity index (χ3n) is 9.03. The fraction of sp³-hybridized carbons (Fsp3) is 0.472. The van der Waals surface area contributed by atoms with Crippen LogP contribution in [0.1, 0.15) is 86.6 Å². The highest BCUT2D eigenvalue weighted by molar-refractivity contribution is 6.36. The van der Waals surface area contributed by atoms with Gasteiger partial charge in [0, 0.05) is 28.7 Å². The monoisotopic (exact) mass is 759 g/mol. The van der Waals surface area contributed by atoms with E-state index < -0.39 is 53.9 Å². The zero-order valence-corrected chi connectivity index (χ0v) is 29.8. The van der Waals surface area contributed by atoms with E-state index in [1.54, 1.807) is 12.1 Å². The van der Waals surface area contributed by atoms with Crippen molar-refractivity contribution in [3.8, 4) is 6.01 Å². The average Bonchev–Trinajstić information content (AvgIpc) is 3.90. The highest BCUT2D eigenvalue weighted by Gasteiger charge is 2.45. The van der Waals surface area contributed by atoms with E-state index in [0.29, 0.717) is 23.6 Å². The predicted octanol–water partition coefficient (Wildman–Crippen LogP) is 6.16. The number of halogens is 4. The maximum absolute atomic E-state index is 13.1. The van der Waals surface area contributed by atoms with Gasteiger partial charge in [-0.25, -0.2) is 4.79 Å². The number of anilines is 3. The number of rotatable bonds is 15. The Morgan fingerprint density at radius 3 is 2.17 bits per heavy atom. The lowest BCUT2D eigenvalue weighted by molar-refractivity contribution is -0.154. The SMILES string of the molecule is COC(=O)[C@H](CCC(=O)C(=O)NC1CCCCCCC1)NC(=O)c1ccc(Nc2nc(NC3(c4ccc(Cl)cc4)CC3)nc(OCC(F)(F)F)n2)cc1. The van der Waals surface area contributed by atoms with Crippen molar-refractivity contribution in [2.45, 2.75) is 94.4 Å². The molecule has 17 heteroatoms. The van der Waals surface area contributed by atoms with Crippen LogP contribution >= 0.6 is 11.6 Å². The number of carbonyl (C=O) groups is 4. The van der Waals surface area contributed by atoms with Crippen LogP contribution in [0.25, 0.3) is 0 Å². The maximum atomic E-state index is 13.1. The minimum Gasteiger partial charge on any atom is -0.467 e. The number of nitrogens with one attached hydrogen (secondary N) is 4. The molecule has 2 aliphatic carbocycles. The number of hydrogen-bond acceptors (Lipinski definition) is 11. The van der Waals surface area contributed by atoms with Gasteiger partial charge in [-0.2, -0.15) is 28.1 Å². The first-order valence-electron chi connectivity index (χ1n) is 17.4. The third-order valence-corrected chi connectivity index (χ3v) is 9.28. The van der Waals surface area contributed by atoms with Crippen LogP contribution in [-0.2, 0) is 24.7 Å². The lowest BCUT2D eigenvalue weighted by Gasteiger charge is -2.21. The van der Waals surface area contributed by atoms with Gasteiger partial charge in [-0.3, -0.25) is 14.4 Å². The number of esters is 1. The van der Waals surface area contributed by atoms with Crippen LogP contribution in [0.3, 0.4) is 0 Å². The Balaban J connectivity index is 1.21. The number of ether oxygens (including phenoxy) is 2. The molecule has 2 amide bonds. The number of benzene rings is 2. The van der Waals surface area contributed by atoms with E-state index in [0.717, 1.165) is 51.2 Å². The molecule has 0 spiro atoms. The normalized spacial score (nSPS) is 16.2. The van der Waals surface area contributed by atoms with E-state index >= 15 is 0 Å². The lowest BCUT2D eigenvalue weighted by Crippen LogP contribution is -2.43. The molecule has 2 fully saturated rings. The van der Waals surface area contributed by atoms with Gasteiger partial charge in [-0.15, -0.1) is 0 Å². The summed E-state index contributed by atoms with van der Waals surface area (Å²) >= 11 is 6.03. The molecule has 2 aromatic carbocycles. The lowest BCUT2D eigenvalue weighted by atomic mass is 9.96. The Hall–Kier alpha value is -4.99. The standard InChI is InChI=1S/C36H41ClF3N7O6/c1-52-31(51)27(17-18-28(48)30(50)41-25-7-5-3-2-4-6-8-25)43-29(49)22-9-15-26(16-10-22)42-32-44-33(46-34(45-32)53-21-36(38,39)40)47-35(19-20-35)23-11-13-24(37)14-12-23/h9-16,25,27H,2-8,17-21H2,1H3,(H,41,50)(H,43,49)(H2,42,44,45,46,47)/t27-/m0/s1. The van der Waals surface area contributed by atoms with Crippen LogP contribution < -0.4 is 26.0 Å². The molecule has 13 nitrogen and oxygen atoms in total. The van der Waals surface area contributed by atoms with Crippen molar-refractivity contribution < 1.29 is 41.8 Å². The van der Waals surface area contributed by atoms with Crippen molar-refractivity contribution in [1.82, 2.24) is 25.6 Å². The molecular weight excluding hydrogens is 719 g/mol. The van der Waals surface area contributed by atoms with Gasteiger partial charge in [0.25, 0.3) is 11.8 Å². The van der Waals surface area contributed by atoms with Gasteiger partial charge >= 0.3 is 18.2 Å². The molecule has 284 valence electrons. The number of ketones is 1. The highest BCUT2D eigenvalue weighted by atomic mass is 35.5. The molecule has 3 aromatic rings. The van der Waals surface area contributed by atoms with Crippen molar-refractivity contribution in [3.63, 3.8) is 0 Å². The van der Waals surface area contributed by atoms with Crippen molar-refractivity contribution in [3.05, 3.63) is 64.7 Å². The number of alkyl halides is 3. The summed E-state index contributed by atoms with van der Waals surface area (Å²) in [5.41, 5.74) is 0.860. The largest absolute Gasteiger partial charge is 0.467 e. The molecule has 1 heterocycles. The summed E-state index contributed by atoms with van der Waals surface area (Å²) in [4.78, 5) is 63.2. The molecule has 0 aliphatic heterocycles. The zero-order chi connectivity index (χ0) is 38.0. The Kier molecular flexibility index (Phi) is 13.1. The number of amides is 2. The van der Waals surface area contributed by atoms with Crippen molar-refractivity contribution >= 4 is 52.8 Å².